The molecular weight excluding hydrogens is 292 g/mol. The Hall–Kier alpha value is -2.22. The van der Waals surface area contributed by atoms with E-state index in [9.17, 15) is 9.59 Å². The van der Waals surface area contributed by atoms with Gasteiger partial charge in [0.25, 0.3) is 5.91 Å². The molecule has 1 amide bonds. The summed E-state index contributed by atoms with van der Waals surface area (Å²) < 4.78 is 5.49. The van der Waals surface area contributed by atoms with Gasteiger partial charge < -0.3 is 14.6 Å². The standard InChI is InChI=1S/C13H14N4O3S/c18-12(11-8-14-15-21-11)16-6-3-9(4-7-16)17-5-1-2-10(17)13(19)20/h1-2,5,8-9H,3-4,6-7H2,(H,19,20). The van der Waals surface area contributed by atoms with Gasteiger partial charge in [-0.15, -0.1) is 5.10 Å². The predicted molar refractivity (Wildman–Crippen MR) is 75.5 cm³/mol. The van der Waals surface area contributed by atoms with E-state index in [1.54, 1.807) is 27.8 Å². The number of carboxylic acid groups (broad SMARTS) is 1. The summed E-state index contributed by atoms with van der Waals surface area (Å²) in [5.74, 6) is -0.969. The number of aromatic nitrogens is 3. The number of hydrogen-bond donors (Lipinski definition) is 1. The zero-order valence-electron chi connectivity index (χ0n) is 11.2. The molecule has 3 heterocycles. The van der Waals surface area contributed by atoms with E-state index < -0.39 is 5.97 Å². The van der Waals surface area contributed by atoms with Gasteiger partial charge in [0.15, 0.2) is 0 Å². The number of carbonyl (C=O) groups is 2. The number of carbonyl (C=O) groups excluding carboxylic acids is 1. The Morgan fingerprint density at radius 2 is 2.10 bits per heavy atom. The van der Waals surface area contributed by atoms with Crippen LogP contribution >= 0.6 is 11.5 Å². The fourth-order valence-corrected chi connectivity index (χ4v) is 3.14. The number of aromatic carboxylic acids is 1. The molecule has 1 aliphatic rings. The monoisotopic (exact) mass is 306 g/mol. The SMILES string of the molecule is O=C(O)c1cccn1C1CCN(C(=O)c2cnns2)CC1. The van der Waals surface area contributed by atoms with Crippen molar-refractivity contribution in [2.75, 3.05) is 13.1 Å². The highest BCUT2D eigenvalue weighted by molar-refractivity contribution is 7.07. The number of nitrogens with zero attached hydrogens (tertiary/aromatic N) is 4. The second-order valence-electron chi connectivity index (χ2n) is 4.91. The maximum Gasteiger partial charge on any atom is 0.352 e. The second kappa shape index (κ2) is 5.65. The van der Waals surface area contributed by atoms with Crippen LogP contribution in [-0.2, 0) is 0 Å². The van der Waals surface area contributed by atoms with Crippen molar-refractivity contribution < 1.29 is 14.7 Å². The first-order valence-corrected chi connectivity index (χ1v) is 7.41. The molecule has 1 saturated heterocycles. The molecule has 0 bridgehead atoms. The van der Waals surface area contributed by atoms with Crippen molar-refractivity contribution in [3.8, 4) is 0 Å². The largest absolute Gasteiger partial charge is 0.477 e. The van der Waals surface area contributed by atoms with Crippen molar-refractivity contribution in [3.05, 3.63) is 35.1 Å². The minimum absolute atomic E-state index is 0.0468. The molecule has 0 unspecified atom stereocenters. The third kappa shape index (κ3) is 2.66. The fourth-order valence-electron chi connectivity index (χ4n) is 2.66. The van der Waals surface area contributed by atoms with E-state index in [4.69, 9.17) is 5.11 Å². The van der Waals surface area contributed by atoms with E-state index in [0.717, 1.165) is 24.4 Å². The molecule has 0 radical (unpaired) electrons. The zero-order chi connectivity index (χ0) is 14.8. The molecule has 0 atom stereocenters. The van der Waals surface area contributed by atoms with Gasteiger partial charge in [-0.05, 0) is 36.5 Å². The van der Waals surface area contributed by atoms with Crippen LogP contribution in [0.4, 0.5) is 0 Å². The predicted octanol–water partition coefficient (Wildman–Crippen LogP) is 1.52. The molecule has 7 nitrogen and oxygen atoms in total. The first kappa shape index (κ1) is 13.7. The van der Waals surface area contributed by atoms with Crippen molar-refractivity contribution in [1.82, 2.24) is 19.1 Å². The first-order valence-electron chi connectivity index (χ1n) is 6.63. The van der Waals surface area contributed by atoms with Crippen LogP contribution in [0.25, 0.3) is 0 Å². The van der Waals surface area contributed by atoms with Crippen LogP contribution in [0.15, 0.2) is 24.5 Å². The number of rotatable bonds is 3. The Bertz CT molecular complexity index is 644. The lowest BCUT2D eigenvalue weighted by Crippen LogP contribution is -2.39. The topological polar surface area (TPSA) is 88.3 Å². The summed E-state index contributed by atoms with van der Waals surface area (Å²) in [6.45, 7) is 1.22. The molecule has 21 heavy (non-hydrogen) atoms. The molecule has 0 spiro atoms. The van der Waals surface area contributed by atoms with Crippen LogP contribution < -0.4 is 0 Å². The van der Waals surface area contributed by atoms with Gasteiger partial charge in [-0.2, -0.15) is 0 Å². The fraction of sp³-hybridized carbons (Fsp3) is 0.385. The summed E-state index contributed by atoms with van der Waals surface area (Å²) in [6.07, 6.45) is 4.76. The van der Waals surface area contributed by atoms with Gasteiger partial charge in [-0.3, -0.25) is 4.79 Å². The molecule has 3 rings (SSSR count). The van der Waals surface area contributed by atoms with E-state index in [0.29, 0.717) is 23.7 Å². The van der Waals surface area contributed by atoms with Gasteiger partial charge in [0.05, 0.1) is 6.20 Å². The van der Waals surface area contributed by atoms with Crippen LogP contribution in [-0.4, -0.2) is 49.1 Å². The lowest BCUT2D eigenvalue weighted by atomic mass is 10.0. The quantitative estimate of drug-likeness (QED) is 0.928. The van der Waals surface area contributed by atoms with E-state index >= 15 is 0 Å². The third-order valence-corrected chi connectivity index (χ3v) is 4.37. The molecule has 2 aromatic heterocycles. The van der Waals surface area contributed by atoms with Gasteiger partial charge in [0.2, 0.25) is 0 Å². The van der Waals surface area contributed by atoms with Gasteiger partial charge >= 0.3 is 5.97 Å². The lowest BCUT2D eigenvalue weighted by Gasteiger charge is -2.32. The summed E-state index contributed by atoms with van der Waals surface area (Å²) in [6, 6.07) is 3.46. The first-order chi connectivity index (χ1) is 10.2. The van der Waals surface area contributed by atoms with Crippen LogP contribution in [0.2, 0.25) is 0 Å². The second-order valence-corrected chi connectivity index (χ2v) is 5.70. The summed E-state index contributed by atoms with van der Waals surface area (Å²) in [4.78, 5) is 25.7. The minimum atomic E-state index is -0.922. The van der Waals surface area contributed by atoms with Crippen LogP contribution in [0, 0.1) is 0 Å². The summed E-state index contributed by atoms with van der Waals surface area (Å²) in [7, 11) is 0. The maximum atomic E-state index is 12.2. The average Bonchev–Trinajstić information content (AvgIpc) is 3.18. The van der Waals surface area contributed by atoms with Crippen LogP contribution in [0.3, 0.4) is 0 Å². The summed E-state index contributed by atoms with van der Waals surface area (Å²) in [5, 5.41) is 12.8. The average molecular weight is 306 g/mol. The van der Waals surface area contributed by atoms with Gasteiger partial charge in [0, 0.05) is 25.3 Å². The Morgan fingerprint density at radius 1 is 1.33 bits per heavy atom. The number of hydrogen-bond acceptors (Lipinski definition) is 5. The van der Waals surface area contributed by atoms with Crippen molar-refractivity contribution in [1.29, 1.82) is 0 Å². The Morgan fingerprint density at radius 3 is 2.71 bits per heavy atom. The molecule has 8 heteroatoms. The van der Waals surface area contributed by atoms with Crippen molar-refractivity contribution in [3.63, 3.8) is 0 Å². The number of piperidine rings is 1. The lowest BCUT2D eigenvalue weighted by molar-refractivity contribution is 0.0652. The Labute approximate surface area is 125 Å². The molecule has 1 aliphatic heterocycles. The molecule has 0 saturated carbocycles. The highest BCUT2D eigenvalue weighted by Crippen LogP contribution is 2.25. The van der Waals surface area contributed by atoms with E-state index in [1.165, 1.54) is 6.20 Å². The third-order valence-electron chi connectivity index (χ3n) is 3.72. The van der Waals surface area contributed by atoms with Crippen molar-refractivity contribution in [2.24, 2.45) is 0 Å². The smallest absolute Gasteiger partial charge is 0.352 e. The van der Waals surface area contributed by atoms with Gasteiger partial charge in [-0.1, -0.05) is 4.49 Å². The van der Waals surface area contributed by atoms with Crippen LogP contribution in [0.5, 0.6) is 0 Å². The zero-order valence-corrected chi connectivity index (χ0v) is 12.0. The van der Waals surface area contributed by atoms with Crippen LogP contribution in [0.1, 0.15) is 39.0 Å². The summed E-state index contributed by atoms with van der Waals surface area (Å²) >= 11 is 1.09. The number of carboxylic acids is 1. The van der Waals surface area contributed by atoms with Gasteiger partial charge in [0.1, 0.15) is 10.6 Å². The van der Waals surface area contributed by atoms with Crippen molar-refractivity contribution >= 4 is 23.4 Å². The number of amides is 1. The summed E-state index contributed by atoms with van der Waals surface area (Å²) in [5.41, 5.74) is 0.298. The minimum Gasteiger partial charge on any atom is -0.477 e. The highest BCUT2D eigenvalue weighted by Gasteiger charge is 2.27. The molecule has 0 aromatic carbocycles. The molecule has 1 N–H and O–H groups in total. The number of likely N-dealkylation sites (tertiary alicyclic amines) is 1. The van der Waals surface area contributed by atoms with Gasteiger partial charge in [-0.25, -0.2) is 4.79 Å². The Kier molecular flexibility index (Phi) is 3.70. The molecule has 0 aliphatic carbocycles. The van der Waals surface area contributed by atoms with E-state index in [1.807, 2.05) is 0 Å². The molecule has 1 fully saturated rings. The van der Waals surface area contributed by atoms with E-state index in [2.05, 4.69) is 9.59 Å². The molecular formula is C13H14N4O3S. The normalized spacial score (nSPS) is 16.1. The molecule has 2 aromatic rings. The maximum absolute atomic E-state index is 12.2. The Balaban J connectivity index is 1.66. The van der Waals surface area contributed by atoms with Crippen molar-refractivity contribution in [2.45, 2.75) is 18.9 Å². The van der Waals surface area contributed by atoms with E-state index in [-0.39, 0.29) is 11.9 Å². The highest BCUT2D eigenvalue weighted by atomic mass is 32.1. The molecule has 110 valence electrons.